The Balaban J connectivity index is 1.64. The summed E-state index contributed by atoms with van der Waals surface area (Å²) in [5.41, 5.74) is 1.42. The van der Waals surface area contributed by atoms with Crippen LogP contribution in [0.2, 0.25) is 0 Å². The molecule has 3 rings (SSSR count). The third-order valence-electron chi connectivity index (χ3n) is 4.57. The summed E-state index contributed by atoms with van der Waals surface area (Å²) < 4.78 is 0. The molecule has 0 bridgehead atoms. The smallest absolute Gasteiger partial charge is 0.271 e. The molecule has 2 heterocycles. The average molecular weight is 288 g/mol. The lowest BCUT2D eigenvalue weighted by molar-refractivity contribution is 0.0925. The largest absolute Gasteiger partial charge is 0.346 e. The highest BCUT2D eigenvalue weighted by Gasteiger charge is 2.32. The van der Waals surface area contributed by atoms with Crippen LogP contribution in [0.15, 0.2) is 12.4 Å². The Labute approximate surface area is 126 Å². The monoisotopic (exact) mass is 288 g/mol. The average Bonchev–Trinajstić information content (AvgIpc) is 3.24. The molecule has 2 atom stereocenters. The summed E-state index contributed by atoms with van der Waals surface area (Å²) >= 11 is 0. The van der Waals surface area contributed by atoms with Crippen molar-refractivity contribution in [3.05, 3.63) is 23.8 Å². The Kier molecular flexibility index (Phi) is 3.93. The van der Waals surface area contributed by atoms with Gasteiger partial charge in [-0.2, -0.15) is 0 Å². The second-order valence-corrected chi connectivity index (χ2v) is 6.71. The molecule has 1 aromatic rings. The van der Waals surface area contributed by atoms with Gasteiger partial charge in [0.2, 0.25) is 0 Å². The molecule has 1 aliphatic heterocycles. The number of carbonyl (C=O) groups excluding carboxylic acids is 1. The quantitative estimate of drug-likeness (QED) is 0.918. The van der Waals surface area contributed by atoms with E-state index in [9.17, 15) is 4.79 Å². The summed E-state index contributed by atoms with van der Waals surface area (Å²) in [5, 5.41) is 3.13. The van der Waals surface area contributed by atoms with Crippen molar-refractivity contribution in [1.29, 1.82) is 0 Å². The van der Waals surface area contributed by atoms with E-state index in [4.69, 9.17) is 0 Å². The van der Waals surface area contributed by atoms with Crippen LogP contribution < -0.4 is 5.32 Å². The summed E-state index contributed by atoms with van der Waals surface area (Å²) in [6.45, 7) is 8.54. The highest BCUT2D eigenvalue weighted by Crippen LogP contribution is 2.38. The van der Waals surface area contributed by atoms with Gasteiger partial charge in [0.15, 0.2) is 0 Å². The van der Waals surface area contributed by atoms with Crippen molar-refractivity contribution in [2.75, 3.05) is 13.1 Å². The lowest BCUT2D eigenvalue weighted by atomic mass is 10.1. The van der Waals surface area contributed by atoms with Crippen LogP contribution in [0, 0.1) is 5.92 Å². The lowest BCUT2D eigenvalue weighted by Crippen LogP contribution is -2.40. The predicted molar refractivity (Wildman–Crippen MR) is 81.1 cm³/mol. The summed E-state index contributed by atoms with van der Waals surface area (Å²) in [4.78, 5) is 23.4. The van der Waals surface area contributed by atoms with Crippen LogP contribution in [0.5, 0.6) is 0 Å². The normalized spacial score (nSPS) is 26.3. The minimum Gasteiger partial charge on any atom is -0.346 e. The van der Waals surface area contributed by atoms with Crippen molar-refractivity contribution in [1.82, 2.24) is 20.2 Å². The van der Waals surface area contributed by atoms with Gasteiger partial charge in [-0.3, -0.25) is 14.7 Å². The molecule has 5 heteroatoms. The first kappa shape index (κ1) is 14.4. The summed E-state index contributed by atoms with van der Waals surface area (Å²) in [6, 6.07) is 0.721. The first-order chi connectivity index (χ1) is 10.0. The second-order valence-electron chi connectivity index (χ2n) is 6.71. The van der Waals surface area contributed by atoms with Crippen LogP contribution in [0.1, 0.15) is 55.7 Å². The molecule has 0 spiro atoms. The van der Waals surface area contributed by atoms with E-state index in [2.05, 4.69) is 41.0 Å². The molecule has 0 radical (unpaired) electrons. The maximum Gasteiger partial charge on any atom is 0.271 e. The van der Waals surface area contributed by atoms with Gasteiger partial charge >= 0.3 is 0 Å². The van der Waals surface area contributed by atoms with Gasteiger partial charge in [-0.05, 0) is 32.6 Å². The van der Waals surface area contributed by atoms with E-state index in [1.165, 1.54) is 12.8 Å². The van der Waals surface area contributed by atoms with Crippen molar-refractivity contribution in [3.63, 3.8) is 0 Å². The highest BCUT2D eigenvalue weighted by molar-refractivity contribution is 5.92. The Morgan fingerprint density at radius 2 is 2.10 bits per heavy atom. The first-order valence-corrected chi connectivity index (χ1v) is 7.91. The van der Waals surface area contributed by atoms with E-state index in [1.807, 2.05) is 0 Å². The van der Waals surface area contributed by atoms with Gasteiger partial charge < -0.3 is 5.32 Å². The number of hydrogen-bond donors (Lipinski definition) is 1. The fraction of sp³-hybridized carbons (Fsp3) is 0.688. The summed E-state index contributed by atoms with van der Waals surface area (Å²) in [5.74, 6) is 0.899. The number of rotatable bonds is 4. The number of aromatic nitrogens is 2. The molecular formula is C16H24N4O. The standard InChI is InChI=1S/C16H24N4O/c1-10(2)20-8-11(3)15(9-20)19-16(21)14-7-17-6-13(18-14)12-4-5-12/h6-7,10-12,15H,4-5,8-9H2,1-3H3,(H,19,21)/t11-,15-/m0/s1. The van der Waals surface area contributed by atoms with E-state index < -0.39 is 0 Å². The molecule has 1 N–H and O–H groups in total. The number of carbonyl (C=O) groups is 1. The number of nitrogens with zero attached hydrogens (tertiary/aromatic N) is 3. The Morgan fingerprint density at radius 1 is 1.33 bits per heavy atom. The van der Waals surface area contributed by atoms with Crippen LogP contribution >= 0.6 is 0 Å². The number of amides is 1. The van der Waals surface area contributed by atoms with Crippen molar-refractivity contribution in [2.45, 2.75) is 51.6 Å². The van der Waals surface area contributed by atoms with Crippen LogP contribution in [-0.2, 0) is 0 Å². The molecule has 1 saturated carbocycles. The molecule has 0 unspecified atom stereocenters. The summed E-state index contributed by atoms with van der Waals surface area (Å²) in [6.07, 6.45) is 5.69. The van der Waals surface area contributed by atoms with Crippen LogP contribution in [0.4, 0.5) is 0 Å². The fourth-order valence-electron chi connectivity index (χ4n) is 2.92. The van der Waals surface area contributed by atoms with E-state index >= 15 is 0 Å². The fourth-order valence-corrected chi connectivity index (χ4v) is 2.92. The molecule has 2 aliphatic rings. The highest BCUT2D eigenvalue weighted by atomic mass is 16.2. The zero-order valence-corrected chi connectivity index (χ0v) is 13.0. The van der Waals surface area contributed by atoms with E-state index in [0.29, 0.717) is 23.6 Å². The maximum atomic E-state index is 12.4. The zero-order chi connectivity index (χ0) is 15.0. The molecule has 114 valence electrons. The van der Waals surface area contributed by atoms with Crippen LogP contribution in [0.25, 0.3) is 0 Å². The molecule has 1 saturated heterocycles. The van der Waals surface area contributed by atoms with Crippen molar-refractivity contribution in [2.24, 2.45) is 5.92 Å². The number of hydrogen-bond acceptors (Lipinski definition) is 4. The summed E-state index contributed by atoms with van der Waals surface area (Å²) in [7, 11) is 0. The molecule has 1 aliphatic carbocycles. The van der Waals surface area contributed by atoms with Gasteiger partial charge in [0, 0.05) is 37.3 Å². The van der Waals surface area contributed by atoms with Crippen molar-refractivity contribution >= 4 is 5.91 Å². The van der Waals surface area contributed by atoms with Gasteiger partial charge in [0.1, 0.15) is 5.69 Å². The third kappa shape index (κ3) is 3.23. The van der Waals surface area contributed by atoms with Gasteiger partial charge in [0.05, 0.1) is 11.9 Å². The lowest BCUT2D eigenvalue weighted by Gasteiger charge is -2.20. The van der Waals surface area contributed by atoms with Gasteiger partial charge in [-0.1, -0.05) is 6.92 Å². The minimum absolute atomic E-state index is 0.0903. The van der Waals surface area contributed by atoms with Crippen molar-refractivity contribution in [3.8, 4) is 0 Å². The minimum atomic E-state index is -0.0903. The van der Waals surface area contributed by atoms with Gasteiger partial charge in [-0.25, -0.2) is 4.98 Å². The maximum absolute atomic E-state index is 12.4. The van der Waals surface area contributed by atoms with E-state index in [1.54, 1.807) is 12.4 Å². The zero-order valence-electron chi connectivity index (χ0n) is 13.0. The Bertz CT molecular complexity index is 527. The van der Waals surface area contributed by atoms with E-state index in [-0.39, 0.29) is 11.9 Å². The SMILES string of the molecule is CC(C)N1C[C@H](NC(=O)c2cncc(C3CC3)n2)[C@@H](C)C1. The molecule has 0 aromatic carbocycles. The van der Waals surface area contributed by atoms with Crippen LogP contribution in [0.3, 0.4) is 0 Å². The third-order valence-corrected chi connectivity index (χ3v) is 4.57. The number of nitrogens with one attached hydrogen (secondary N) is 1. The van der Waals surface area contributed by atoms with Crippen molar-refractivity contribution < 1.29 is 4.79 Å². The van der Waals surface area contributed by atoms with Gasteiger partial charge in [-0.15, -0.1) is 0 Å². The number of likely N-dealkylation sites (tertiary alicyclic amines) is 1. The molecule has 2 fully saturated rings. The molecule has 5 nitrogen and oxygen atoms in total. The molecule has 1 aromatic heterocycles. The van der Waals surface area contributed by atoms with Gasteiger partial charge in [0.25, 0.3) is 5.91 Å². The Morgan fingerprint density at radius 3 is 2.71 bits per heavy atom. The van der Waals surface area contributed by atoms with E-state index in [0.717, 1.165) is 18.8 Å². The molecular weight excluding hydrogens is 264 g/mol. The predicted octanol–water partition coefficient (Wildman–Crippen LogP) is 1.81. The molecule has 21 heavy (non-hydrogen) atoms. The topological polar surface area (TPSA) is 58.1 Å². The first-order valence-electron chi connectivity index (χ1n) is 7.91. The Hall–Kier alpha value is -1.49. The second kappa shape index (κ2) is 5.72. The molecule has 1 amide bonds. The van der Waals surface area contributed by atoms with Crippen LogP contribution in [-0.4, -0.2) is 45.9 Å².